The van der Waals surface area contributed by atoms with Crippen molar-refractivity contribution in [2.75, 3.05) is 30.9 Å². The molecule has 0 radical (unpaired) electrons. The molecular weight excluding hydrogens is 368 g/mol. The molecule has 0 saturated heterocycles. The first-order valence-corrected chi connectivity index (χ1v) is 9.39. The van der Waals surface area contributed by atoms with Gasteiger partial charge in [-0.25, -0.2) is 0 Å². The minimum Gasteiger partial charge on any atom is -0.489 e. The van der Waals surface area contributed by atoms with Crippen LogP contribution in [0.1, 0.15) is 22.5 Å². The van der Waals surface area contributed by atoms with Crippen LogP contribution in [-0.4, -0.2) is 36.4 Å². The van der Waals surface area contributed by atoms with Crippen LogP contribution in [0.25, 0.3) is 0 Å². The summed E-state index contributed by atoms with van der Waals surface area (Å²) >= 11 is 0. The Morgan fingerprint density at radius 3 is 2.45 bits per heavy atom. The Morgan fingerprint density at radius 2 is 1.76 bits per heavy atom. The van der Waals surface area contributed by atoms with Crippen LogP contribution < -0.4 is 15.4 Å². The van der Waals surface area contributed by atoms with Crippen LogP contribution in [0.15, 0.2) is 66.7 Å². The summed E-state index contributed by atoms with van der Waals surface area (Å²) in [6.07, 6.45) is 0.867. The lowest BCUT2D eigenvalue weighted by Gasteiger charge is -2.09. The van der Waals surface area contributed by atoms with Crippen LogP contribution in [0.2, 0.25) is 0 Å². The smallest absolute Gasteiger partial charge is 0.276 e. The fourth-order valence-corrected chi connectivity index (χ4v) is 2.55. The fraction of sp³-hybridized carbons (Fsp3) is 0.227. The second kappa shape index (κ2) is 10.8. The highest BCUT2D eigenvalue weighted by molar-refractivity contribution is 6.02. The van der Waals surface area contributed by atoms with Crippen molar-refractivity contribution >= 4 is 17.4 Å². The highest BCUT2D eigenvalue weighted by Gasteiger charge is 2.09. The number of anilines is 2. The number of methoxy groups -OCH3 is 1. The molecule has 7 heteroatoms. The maximum absolute atomic E-state index is 12.3. The van der Waals surface area contributed by atoms with Gasteiger partial charge in [-0.15, -0.1) is 10.2 Å². The van der Waals surface area contributed by atoms with Gasteiger partial charge in [0.25, 0.3) is 5.91 Å². The van der Waals surface area contributed by atoms with Crippen molar-refractivity contribution in [1.29, 1.82) is 0 Å². The summed E-state index contributed by atoms with van der Waals surface area (Å²) in [5, 5.41) is 13.9. The fourth-order valence-electron chi connectivity index (χ4n) is 2.55. The molecule has 3 aromatic rings. The summed E-state index contributed by atoms with van der Waals surface area (Å²) in [6.45, 7) is 1.90. The largest absolute Gasteiger partial charge is 0.489 e. The number of hydrogen-bond donors (Lipinski definition) is 2. The normalized spacial score (nSPS) is 10.4. The van der Waals surface area contributed by atoms with E-state index in [0.717, 1.165) is 24.3 Å². The van der Waals surface area contributed by atoms with Gasteiger partial charge in [0, 0.05) is 25.9 Å². The molecule has 3 rings (SSSR count). The number of benzene rings is 2. The van der Waals surface area contributed by atoms with Crippen LogP contribution in [0.5, 0.6) is 5.75 Å². The van der Waals surface area contributed by atoms with Crippen molar-refractivity contribution in [2.24, 2.45) is 0 Å². The van der Waals surface area contributed by atoms with E-state index in [-0.39, 0.29) is 11.6 Å². The Balaban J connectivity index is 1.48. The zero-order valence-electron chi connectivity index (χ0n) is 16.3. The van der Waals surface area contributed by atoms with Crippen molar-refractivity contribution in [3.05, 3.63) is 78.0 Å². The molecule has 0 atom stereocenters. The van der Waals surface area contributed by atoms with Gasteiger partial charge >= 0.3 is 0 Å². The van der Waals surface area contributed by atoms with Crippen molar-refractivity contribution < 1.29 is 14.3 Å². The molecule has 2 aromatic carbocycles. The zero-order chi connectivity index (χ0) is 20.3. The first-order chi connectivity index (χ1) is 14.2. The van der Waals surface area contributed by atoms with Crippen molar-refractivity contribution in [1.82, 2.24) is 10.2 Å². The summed E-state index contributed by atoms with van der Waals surface area (Å²) in [6, 6.07) is 20.5. The Morgan fingerprint density at radius 1 is 0.966 bits per heavy atom. The van der Waals surface area contributed by atoms with E-state index in [2.05, 4.69) is 20.8 Å². The van der Waals surface area contributed by atoms with Gasteiger partial charge in [-0.05, 0) is 48.4 Å². The average molecular weight is 392 g/mol. The predicted octanol–water partition coefficient (Wildman–Crippen LogP) is 3.76. The van der Waals surface area contributed by atoms with Gasteiger partial charge in [0.2, 0.25) is 0 Å². The number of carbonyl (C=O) groups excluding carboxylic acids is 1. The molecule has 0 bridgehead atoms. The predicted molar refractivity (Wildman–Crippen MR) is 112 cm³/mol. The number of amides is 1. The van der Waals surface area contributed by atoms with E-state index in [0.29, 0.717) is 24.7 Å². The van der Waals surface area contributed by atoms with Crippen LogP contribution in [0.4, 0.5) is 11.5 Å². The maximum Gasteiger partial charge on any atom is 0.276 e. The Bertz CT molecular complexity index is 884. The molecule has 1 aromatic heterocycles. The van der Waals surface area contributed by atoms with Gasteiger partial charge in [0.05, 0.1) is 0 Å². The molecular formula is C22H24N4O3. The standard InChI is InChI=1S/C22H24N4O3/c1-28-15-5-14-23-21-13-12-20(25-26-21)22(27)24-18-8-10-19(11-9-18)29-16-17-6-3-2-4-7-17/h2-4,6-13H,5,14-16H2,1H3,(H,23,26)(H,24,27). The molecule has 0 aliphatic rings. The zero-order valence-corrected chi connectivity index (χ0v) is 16.3. The molecule has 0 aliphatic heterocycles. The number of ether oxygens (including phenoxy) is 2. The van der Waals surface area contributed by atoms with Gasteiger partial charge in [0.15, 0.2) is 5.69 Å². The summed E-state index contributed by atoms with van der Waals surface area (Å²) in [5.74, 6) is 1.04. The lowest BCUT2D eigenvalue weighted by molar-refractivity contribution is 0.102. The molecule has 0 spiro atoms. The quantitative estimate of drug-likeness (QED) is 0.511. The number of carbonyl (C=O) groups is 1. The summed E-state index contributed by atoms with van der Waals surface area (Å²) in [4.78, 5) is 12.3. The molecule has 7 nitrogen and oxygen atoms in total. The molecule has 0 unspecified atom stereocenters. The molecule has 0 aliphatic carbocycles. The van der Waals surface area contributed by atoms with Crippen LogP contribution in [0, 0.1) is 0 Å². The first-order valence-electron chi connectivity index (χ1n) is 9.39. The monoisotopic (exact) mass is 392 g/mol. The van der Waals surface area contributed by atoms with E-state index in [9.17, 15) is 4.79 Å². The van der Waals surface area contributed by atoms with E-state index in [1.54, 1.807) is 31.4 Å². The Kier molecular flexibility index (Phi) is 7.54. The molecule has 1 heterocycles. The highest BCUT2D eigenvalue weighted by atomic mass is 16.5. The average Bonchev–Trinajstić information content (AvgIpc) is 2.77. The third kappa shape index (κ3) is 6.58. The van der Waals surface area contributed by atoms with Crippen LogP contribution in [0.3, 0.4) is 0 Å². The third-order valence-electron chi connectivity index (χ3n) is 4.09. The van der Waals surface area contributed by atoms with E-state index < -0.39 is 0 Å². The molecule has 29 heavy (non-hydrogen) atoms. The van der Waals surface area contributed by atoms with Crippen LogP contribution >= 0.6 is 0 Å². The SMILES string of the molecule is COCCCNc1ccc(C(=O)Nc2ccc(OCc3ccccc3)cc2)nn1. The topological polar surface area (TPSA) is 85.4 Å². The lowest BCUT2D eigenvalue weighted by atomic mass is 10.2. The third-order valence-corrected chi connectivity index (χ3v) is 4.09. The summed E-state index contributed by atoms with van der Waals surface area (Å²) in [7, 11) is 1.67. The second-order valence-corrected chi connectivity index (χ2v) is 6.33. The number of rotatable bonds is 10. The van der Waals surface area contributed by atoms with Gasteiger partial charge < -0.3 is 20.1 Å². The number of hydrogen-bond acceptors (Lipinski definition) is 6. The van der Waals surface area contributed by atoms with Crippen molar-refractivity contribution in [3.63, 3.8) is 0 Å². The number of nitrogens with zero attached hydrogens (tertiary/aromatic N) is 2. The van der Waals surface area contributed by atoms with E-state index in [1.165, 1.54) is 0 Å². The molecule has 150 valence electrons. The molecule has 0 fully saturated rings. The summed E-state index contributed by atoms with van der Waals surface area (Å²) in [5.41, 5.74) is 2.00. The molecule has 2 N–H and O–H groups in total. The van der Waals surface area contributed by atoms with Crippen molar-refractivity contribution in [3.8, 4) is 5.75 Å². The Labute approximate surface area is 170 Å². The Hall–Kier alpha value is -3.45. The minimum atomic E-state index is -0.318. The van der Waals surface area contributed by atoms with E-state index in [1.807, 2.05) is 42.5 Å². The maximum atomic E-state index is 12.3. The first kappa shape index (κ1) is 20.3. The van der Waals surface area contributed by atoms with Gasteiger partial charge in [0.1, 0.15) is 18.2 Å². The molecule has 0 saturated carbocycles. The van der Waals surface area contributed by atoms with Gasteiger partial charge in [-0.2, -0.15) is 0 Å². The highest BCUT2D eigenvalue weighted by Crippen LogP contribution is 2.17. The van der Waals surface area contributed by atoms with Gasteiger partial charge in [-0.1, -0.05) is 30.3 Å². The lowest BCUT2D eigenvalue weighted by Crippen LogP contribution is -2.15. The summed E-state index contributed by atoms with van der Waals surface area (Å²) < 4.78 is 10.7. The molecule has 1 amide bonds. The van der Waals surface area contributed by atoms with E-state index >= 15 is 0 Å². The second-order valence-electron chi connectivity index (χ2n) is 6.33. The van der Waals surface area contributed by atoms with Crippen molar-refractivity contribution in [2.45, 2.75) is 13.0 Å². The van der Waals surface area contributed by atoms with Gasteiger partial charge in [-0.3, -0.25) is 4.79 Å². The number of nitrogens with one attached hydrogen (secondary N) is 2. The minimum absolute atomic E-state index is 0.247. The number of aromatic nitrogens is 2. The van der Waals surface area contributed by atoms with E-state index in [4.69, 9.17) is 9.47 Å². The van der Waals surface area contributed by atoms with Crippen LogP contribution in [-0.2, 0) is 11.3 Å².